The third kappa shape index (κ3) is 9.01. The molecular weight excluding hydrogens is 274 g/mol. The van der Waals surface area contributed by atoms with Crippen LogP contribution in [0.1, 0.15) is 44.9 Å². The van der Waals surface area contributed by atoms with E-state index in [-0.39, 0.29) is 17.9 Å². The first kappa shape index (κ1) is 19.4. The third-order valence-corrected chi connectivity index (χ3v) is 2.48. The largest absolute Gasteiger partial charge is 0.508 e. The Kier molecular flexibility index (Phi) is 7.94. The average Bonchev–Trinajstić information content (AvgIpc) is 2.35. The maximum Gasteiger partial charge on any atom is 0.300 e. The standard InChI is InChI=1S/C13H21NO3.C2H4O2/c1-13(2,3)14-7-12(17)9-4-5-11(16)10(6-9)8-15;1-2(3)4/h4-6,12,14-17H,7-8H2,1-3H3;1H3,(H,3,4)/t12-;/m1./s1. The number of carboxylic acids is 1. The van der Waals surface area contributed by atoms with Crippen LogP contribution in [0.3, 0.4) is 0 Å². The van der Waals surface area contributed by atoms with Gasteiger partial charge < -0.3 is 25.7 Å². The van der Waals surface area contributed by atoms with Gasteiger partial charge >= 0.3 is 0 Å². The van der Waals surface area contributed by atoms with Gasteiger partial charge in [0.1, 0.15) is 5.75 Å². The number of β-amino-alcohol motifs (C(OH)–C–C–N with tert-alkyl or cyclic N) is 1. The van der Waals surface area contributed by atoms with E-state index < -0.39 is 12.1 Å². The first-order valence-electron chi connectivity index (χ1n) is 6.62. The van der Waals surface area contributed by atoms with Crippen molar-refractivity contribution in [3.63, 3.8) is 0 Å². The molecule has 5 N–H and O–H groups in total. The number of phenols is 1. The van der Waals surface area contributed by atoms with Crippen molar-refractivity contribution in [1.29, 1.82) is 0 Å². The van der Waals surface area contributed by atoms with Gasteiger partial charge in [0.25, 0.3) is 5.97 Å². The highest BCUT2D eigenvalue weighted by atomic mass is 16.4. The zero-order chi connectivity index (χ0) is 16.6. The molecule has 0 aliphatic rings. The van der Waals surface area contributed by atoms with Crippen molar-refractivity contribution in [2.24, 2.45) is 0 Å². The number of aliphatic hydroxyl groups excluding tert-OH is 2. The van der Waals surface area contributed by atoms with E-state index >= 15 is 0 Å². The number of aromatic hydroxyl groups is 1. The molecule has 0 amide bonds. The molecule has 1 atom stereocenters. The Morgan fingerprint density at radius 2 is 1.86 bits per heavy atom. The number of nitrogens with one attached hydrogen (secondary N) is 1. The molecule has 1 aromatic carbocycles. The number of carbonyl (C=O) groups is 1. The van der Waals surface area contributed by atoms with E-state index in [9.17, 15) is 10.2 Å². The summed E-state index contributed by atoms with van der Waals surface area (Å²) in [4.78, 5) is 9.00. The lowest BCUT2D eigenvalue weighted by molar-refractivity contribution is -0.134. The summed E-state index contributed by atoms with van der Waals surface area (Å²) in [6.07, 6.45) is -0.653. The quantitative estimate of drug-likeness (QED) is 0.575. The van der Waals surface area contributed by atoms with Gasteiger partial charge in [-0.1, -0.05) is 6.07 Å². The van der Waals surface area contributed by atoms with Gasteiger partial charge in [-0.25, -0.2) is 0 Å². The molecular formula is C15H25NO5. The topological polar surface area (TPSA) is 110 Å². The summed E-state index contributed by atoms with van der Waals surface area (Å²) >= 11 is 0. The van der Waals surface area contributed by atoms with Crippen LogP contribution >= 0.6 is 0 Å². The Bertz CT molecular complexity index is 450. The van der Waals surface area contributed by atoms with Crippen LogP contribution in [0.4, 0.5) is 0 Å². The van der Waals surface area contributed by atoms with Gasteiger partial charge in [0.05, 0.1) is 12.7 Å². The van der Waals surface area contributed by atoms with Gasteiger partial charge in [0.15, 0.2) is 0 Å². The van der Waals surface area contributed by atoms with Gasteiger partial charge in [-0.2, -0.15) is 0 Å². The minimum atomic E-state index is -0.833. The molecule has 0 saturated carbocycles. The van der Waals surface area contributed by atoms with E-state index in [2.05, 4.69) is 5.32 Å². The normalized spacial score (nSPS) is 12.3. The number of aliphatic carboxylic acids is 1. The van der Waals surface area contributed by atoms with Crippen molar-refractivity contribution in [3.05, 3.63) is 29.3 Å². The van der Waals surface area contributed by atoms with Crippen LogP contribution in [0.2, 0.25) is 0 Å². The lowest BCUT2D eigenvalue weighted by Crippen LogP contribution is -2.38. The number of rotatable bonds is 4. The molecule has 0 radical (unpaired) electrons. The molecule has 0 spiro atoms. The summed E-state index contributed by atoms with van der Waals surface area (Å²) < 4.78 is 0. The van der Waals surface area contributed by atoms with E-state index in [1.807, 2.05) is 20.8 Å². The first-order chi connectivity index (χ1) is 9.56. The Hall–Kier alpha value is -1.63. The molecule has 120 valence electrons. The summed E-state index contributed by atoms with van der Waals surface area (Å²) in [7, 11) is 0. The van der Waals surface area contributed by atoms with Crippen LogP contribution in [0.15, 0.2) is 18.2 Å². The highest BCUT2D eigenvalue weighted by Crippen LogP contribution is 2.22. The van der Waals surface area contributed by atoms with E-state index in [1.165, 1.54) is 6.07 Å². The van der Waals surface area contributed by atoms with Gasteiger partial charge in [0.2, 0.25) is 0 Å². The summed E-state index contributed by atoms with van der Waals surface area (Å²) in [5, 5.41) is 39.0. The molecule has 6 heteroatoms. The van der Waals surface area contributed by atoms with Gasteiger partial charge in [-0.3, -0.25) is 4.79 Å². The van der Waals surface area contributed by atoms with Crippen LogP contribution in [0.25, 0.3) is 0 Å². The molecule has 0 aliphatic heterocycles. The number of hydrogen-bond donors (Lipinski definition) is 5. The van der Waals surface area contributed by atoms with Crippen molar-refractivity contribution in [2.75, 3.05) is 6.54 Å². The van der Waals surface area contributed by atoms with E-state index in [4.69, 9.17) is 15.0 Å². The Morgan fingerprint density at radius 3 is 2.29 bits per heavy atom. The van der Waals surface area contributed by atoms with E-state index in [0.717, 1.165) is 6.92 Å². The predicted molar refractivity (Wildman–Crippen MR) is 80.1 cm³/mol. The summed E-state index contributed by atoms with van der Waals surface area (Å²) in [5.74, 6) is -0.785. The molecule has 0 bridgehead atoms. The first-order valence-corrected chi connectivity index (χ1v) is 6.62. The zero-order valence-corrected chi connectivity index (χ0v) is 12.9. The fraction of sp³-hybridized carbons (Fsp3) is 0.533. The lowest BCUT2D eigenvalue weighted by Gasteiger charge is -2.23. The molecule has 0 unspecified atom stereocenters. The van der Waals surface area contributed by atoms with Crippen LogP contribution < -0.4 is 5.32 Å². The maximum atomic E-state index is 9.97. The summed E-state index contributed by atoms with van der Waals surface area (Å²) in [5.41, 5.74) is 1.05. The molecule has 1 aromatic rings. The minimum Gasteiger partial charge on any atom is -0.508 e. The van der Waals surface area contributed by atoms with E-state index in [1.54, 1.807) is 12.1 Å². The molecule has 0 aromatic heterocycles. The molecule has 1 rings (SSSR count). The highest BCUT2D eigenvalue weighted by Gasteiger charge is 2.14. The molecule has 6 nitrogen and oxygen atoms in total. The number of benzene rings is 1. The monoisotopic (exact) mass is 299 g/mol. The van der Waals surface area contributed by atoms with Gasteiger partial charge in [0, 0.05) is 24.6 Å². The molecule has 0 heterocycles. The fourth-order valence-corrected chi connectivity index (χ4v) is 1.46. The van der Waals surface area contributed by atoms with Crippen LogP contribution in [-0.2, 0) is 11.4 Å². The number of hydrogen-bond acceptors (Lipinski definition) is 5. The summed E-state index contributed by atoms with van der Waals surface area (Å²) in [6, 6.07) is 4.76. The minimum absolute atomic E-state index is 0.0484. The second kappa shape index (κ2) is 8.61. The van der Waals surface area contributed by atoms with E-state index in [0.29, 0.717) is 17.7 Å². The average molecular weight is 299 g/mol. The molecule has 0 fully saturated rings. The highest BCUT2D eigenvalue weighted by molar-refractivity contribution is 5.62. The second-order valence-corrected chi connectivity index (χ2v) is 5.71. The maximum absolute atomic E-state index is 9.97. The Morgan fingerprint density at radius 1 is 1.33 bits per heavy atom. The number of carboxylic acid groups (broad SMARTS) is 1. The van der Waals surface area contributed by atoms with Crippen molar-refractivity contribution >= 4 is 5.97 Å². The van der Waals surface area contributed by atoms with Crippen molar-refractivity contribution in [3.8, 4) is 5.75 Å². The SMILES string of the molecule is CC(=O)O.CC(C)(C)NC[C@@H](O)c1ccc(O)c(CO)c1. The van der Waals surface area contributed by atoms with Crippen LogP contribution in [0, 0.1) is 0 Å². The fourth-order valence-electron chi connectivity index (χ4n) is 1.46. The zero-order valence-electron chi connectivity index (χ0n) is 12.9. The molecule has 0 saturated heterocycles. The third-order valence-electron chi connectivity index (χ3n) is 2.48. The molecule has 21 heavy (non-hydrogen) atoms. The van der Waals surface area contributed by atoms with Crippen LogP contribution in [0.5, 0.6) is 5.75 Å². The Labute approximate surface area is 125 Å². The second-order valence-electron chi connectivity index (χ2n) is 5.71. The number of aliphatic hydroxyl groups is 2. The smallest absolute Gasteiger partial charge is 0.300 e. The van der Waals surface area contributed by atoms with Crippen LogP contribution in [-0.4, -0.2) is 38.5 Å². The predicted octanol–water partition coefficient (Wildman–Crippen LogP) is 1.40. The van der Waals surface area contributed by atoms with Crippen molar-refractivity contribution in [2.45, 2.75) is 45.9 Å². The lowest BCUT2D eigenvalue weighted by atomic mass is 10.0. The van der Waals surface area contributed by atoms with Crippen molar-refractivity contribution < 1.29 is 25.2 Å². The summed E-state index contributed by atoms with van der Waals surface area (Å²) in [6.45, 7) is 7.35. The Balaban J connectivity index is 0.000000885. The van der Waals surface area contributed by atoms with Crippen molar-refractivity contribution in [1.82, 2.24) is 5.32 Å². The van der Waals surface area contributed by atoms with Gasteiger partial charge in [-0.05, 0) is 38.5 Å². The molecule has 0 aliphatic carbocycles. The van der Waals surface area contributed by atoms with Gasteiger partial charge in [-0.15, -0.1) is 0 Å².